The molecule has 1 aliphatic heterocycles. The first kappa shape index (κ1) is 33.8. The van der Waals surface area contributed by atoms with E-state index in [1.807, 2.05) is 25.1 Å². The number of ether oxygens (including phenoxy) is 2. The Labute approximate surface area is 251 Å². The zero-order valence-electron chi connectivity index (χ0n) is 26.1. The molecule has 12 heteroatoms. The molecule has 1 aromatic carbocycles. The van der Waals surface area contributed by atoms with Crippen LogP contribution in [0.25, 0.3) is 5.69 Å². The summed E-state index contributed by atoms with van der Waals surface area (Å²) < 4.78 is 46.3. The molecule has 232 valence electrons. The number of esters is 1. The van der Waals surface area contributed by atoms with Gasteiger partial charge in [-0.05, 0) is 65.0 Å². The molecule has 1 aromatic heterocycles. The Morgan fingerprint density at radius 2 is 1.74 bits per heavy atom. The Morgan fingerprint density at radius 3 is 2.29 bits per heavy atom. The van der Waals surface area contributed by atoms with Crippen LogP contribution < -0.4 is 0 Å². The van der Waals surface area contributed by atoms with Crippen LogP contribution in [0.4, 0.5) is 0 Å². The topological polar surface area (TPSA) is 123 Å². The van der Waals surface area contributed by atoms with Crippen LogP contribution in [-0.2, 0) is 28.5 Å². The van der Waals surface area contributed by atoms with E-state index in [0.29, 0.717) is 41.9 Å². The summed E-state index contributed by atoms with van der Waals surface area (Å²) in [6, 6.07) is 8.93. The molecule has 0 bridgehead atoms. The number of hydrogen-bond acceptors (Lipinski definition) is 9. The first-order valence-corrected chi connectivity index (χ1v) is 18.5. The Morgan fingerprint density at radius 1 is 1.10 bits per heavy atom. The maximum Gasteiger partial charge on any atom is 0.330 e. The average molecular weight is 619 g/mol. The van der Waals surface area contributed by atoms with Crippen LogP contribution in [0, 0.1) is 5.92 Å². The Bertz CT molecular complexity index is 1320. The minimum atomic E-state index is -3.75. The van der Waals surface area contributed by atoms with Gasteiger partial charge in [0.05, 0.1) is 30.8 Å². The second-order valence-electron chi connectivity index (χ2n) is 11.8. The van der Waals surface area contributed by atoms with Gasteiger partial charge in [-0.1, -0.05) is 77.0 Å². The number of hydrogen-bond donors (Lipinski definition) is 0. The number of carbonyl (C=O) groups excluding carboxylic acids is 1. The van der Waals surface area contributed by atoms with Crippen molar-refractivity contribution in [1.82, 2.24) is 20.2 Å². The summed E-state index contributed by atoms with van der Waals surface area (Å²) in [5, 5.41) is 11.1. The summed E-state index contributed by atoms with van der Waals surface area (Å²) in [5.41, 5.74) is 2.34. The van der Waals surface area contributed by atoms with E-state index in [4.69, 9.17) is 13.9 Å². The van der Waals surface area contributed by atoms with Crippen molar-refractivity contribution in [2.24, 2.45) is 5.92 Å². The van der Waals surface area contributed by atoms with E-state index in [1.54, 1.807) is 31.2 Å². The highest BCUT2D eigenvalue weighted by molar-refractivity contribution is 7.91. The highest BCUT2D eigenvalue weighted by atomic mass is 32.2. The third-order valence-corrected chi connectivity index (χ3v) is 15.6. The van der Waals surface area contributed by atoms with Crippen LogP contribution in [0.2, 0.25) is 16.6 Å². The number of aromatic nitrogens is 4. The van der Waals surface area contributed by atoms with E-state index in [-0.39, 0.29) is 16.8 Å². The van der Waals surface area contributed by atoms with Crippen molar-refractivity contribution in [3.05, 3.63) is 54.1 Å². The Kier molecular flexibility index (Phi) is 11.8. The standard InChI is InChI=1S/C30H46N4O6SSi/c1-9-38-28(35)19-24(8)29(40-42(21(2)3,22(4)5)23(6)7)27-16-15-25(20-39-27)17-18-41(36,37)30-31-32-33-34(30)26-13-11-10-12-14-26/h10-16,19,21-23,25,27,29H,9,17-18,20H2,1-8H3/b24-19+/t25-,27+,29+/m0/s1. The molecule has 0 saturated carbocycles. The van der Waals surface area contributed by atoms with E-state index in [0.717, 1.165) is 5.57 Å². The molecule has 0 unspecified atom stereocenters. The highest BCUT2D eigenvalue weighted by Crippen LogP contribution is 2.44. The van der Waals surface area contributed by atoms with Gasteiger partial charge in [0.2, 0.25) is 18.2 Å². The van der Waals surface area contributed by atoms with Crippen LogP contribution in [0.3, 0.4) is 0 Å². The molecule has 0 N–H and O–H groups in total. The van der Waals surface area contributed by atoms with Crippen LogP contribution in [-0.4, -0.2) is 74.1 Å². The molecular formula is C30H46N4O6SSi. The summed E-state index contributed by atoms with van der Waals surface area (Å²) in [7, 11) is -6.09. The molecule has 1 aliphatic rings. The molecule has 0 radical (unpaired) electrons. The zero-order valence-corrected chi connectivity index (χ0v) is 27.9. The molecule has 2 aromatic rings. The first-order valence-electron chi connectivity index (χ1n) is 14.7. The van der Waals surface area contributed by atoms with Gasteiger partial charge in [0.1, 0.15) is 6.10 Å². The fourth-order valence-electron chi connectivity index (χ4n) is 5.98. The van der Waals surface area contributed by atoms with E-state index in [2.05, 4.69) is 57.1 Å². The molecule has 3 rings (SSSR count). The zero-order chi connectivity index (χ0) is 31.1. The molecule has 0 amide bonds. The SMILES string of the molecule is CCOC(=O)/C=C(\C)[C@@H](O[Si](C(C)C)(C(C)C)C(C)C)[C@H]1C=C[C@@H](CCS(=O)(=O)c2nnnn2-c2ccccc2)CO1. The van der Waals surface area contributed by atoms with Gasteiger partial charge in [-0.3, -0.25) is 0 Å². The van der Waals surface area contributed by atoms with Crippen LogP contribution in [0.1, 0.15) is 61.8 Å². The molecule has 0 fully saturated rings. The van der Waals surface area contributed by atoms with Gasteiger partial charge in [-0.25, -0.2) is 13.2 Å². The number of para-hydroxylation sites is 1. The largest absolute Gasteiger partial charge is 0.463 e. The monoisotopic (exact) mass is 618 g/mol. The fourth-order valence-corrected chi connectivity index (χ4v) is 12.9. The highest BCUT2D eigenvalue weighted by Gasteiger charge is 2.48. The predicted molar refractivity (Wildman–Crippen MR) is 165 cm³/mol. The van der Waals surface area contributed by atoms with Crippen molar-refractivity contribution in [3.8, 4) is 5.69 Å². The van der Waals surface area contributed by atoms with Gasteiger partial charge < -0.3 is 13.9 Å². The van der Waals surface area contributed by atoms with E-state index in [9.17, 15) is 13.2 Å². The predicted octanol–water partition coefficient (Wildman–Crippen LogP) is 5.47. The number of benzene rings is 1. The normalized spacial score (nSPS) is 19.1. The lowest BCUT2D eigenvalue weighted by molar-refractivity contribution is -0.137. The van der Waals surface area contributed by atoms with E-state index >= 15 is 0 Å². The van der Waals surface area contributed by atoms with E-state index in [1.165, 1.54) is 10.8 Å². The third-order valence-electron chi connectivity index (χ3n) is 7.97. The summed E-state index contributed by atoms with van der Waals surface area (Å²) in [5.74, 6) is -0.653. The Hall–Kier alpha value is -2.67. The molecule has 0 saturated heterocycles. The molecule has 10 nitrogen and oxygen atoms in total. The van der Waals surface area contributed by atoms with Gasteiger partial charge in [-0.2, -0.15) is 4.68 Å². The van der Waals surface area contributed by atoms with Gasteiger partial charge in [0, 0.05) is 12.0 Å². The number of nitrogens with zero attached hydrogens (tertiary/aromatic N) is 4. The van der Waals surface area contributed by atoms with Crippen molar-refractivity contribution < 1.29 is 27.1 Å². The molecule has 0 spiro atoms. The van der Waals surface area contributed by atoms with Gasteiger partial charge in [-0.15, -0.1) is 0 Å². The maximum absolute atomic E-state index is 13.2. The smallest absolute Gasteiger partial charge is 0.330 e. The number of carbonyl (C=O) groups is 1. The van der Waals surface area contributed by atoms with E-state index < -0.39 is 36.3 Å². The van der Waals surface area contributed by atoms with Crippen LogP contribution in [0.15, 0.2) is 59.3 Å². The average Bonchev–Trinajstić information content (AvgIpc) is 3.44. The lowest BCUT2D eigenvalue weighted by Crippen LogP contribution is -2.53. The quantitative estimate of drug-likeness (QED) is 0.117. The third kappa shape index (κ3) is 7.83. The summed E-state index contributed by atoms with van der Waals surface area (Å²) >= 11 is 0. The van der Waals surface area contributed by atoms with Crippen molar-refractivity contribution >= 4 is 24.1 Å². The van der Waals surface area contributed by atoms with Crippen molar-refractivity contribution in [2.75, 3.05) is 19.0 Å². The van der Waals surface area contributed by atoms with Gasteiger partial charge >= 0.3 is 5.97 Å². The lowest BCUT2D eigenvalue weighted by atomic mass is 9.99. The number of sulfone groups is 1. The molecule has 0 aliphatic carbocycles. The Balaban J connectivity index is 1.80. The fraction of sp³-hybridized carbons (Fsp3) is 0.600. The van der Waals surface area contributed by atoms with Crippen LogP contribution >= 0.6 is 0 Å². The lowest BCUT2D eigenvalue weighted by Gasteiger charge is -2.46. The summed E-state index contributed by atoms with van der Waals surface area (Å²) in [6.07, 6.45) is 4.91. The number of tetrazole rings is 1. The molecule has 3 atom stereocenters. The van der Waals surface area contributed by atoms with Crippen LogP contribution in [0.5, 0.6) is 0 Å². The maximum atomic E-state index is 13.2. The molecule has 2 heterocycles. The first-order chi connectivity index (χ1) is 19.8. The summed E-state index contributed by atoms with van der Waals surface area (Å²) in [6.45, 7) is 17.6. The van der Waals surface area contributed by atoms with Crippen molar-refractivity contribution in [3.63, 3.8) is 0 Å². The minimum Gasteiger partial charge on any atom is -0.463 e. The second kappa shape index (κ2) is 14.7. The van der Waals surface area contributed by atoms with Crippen molar-refractivity contribution in [2.45, 2.75) is 95.8 Å². The second-order valence-corrected chi connectivity index (χ2v) is 19.2. The van der Waals surface area contributed by atoms with Gasteiger partial charge in [0.25, 0.3) is 5.16 Å². The molecule has 42 heavy (non-hydrogen) atoms. The van der Waals surface area contributed by atoms with Gasteiger partial charge in [0.15, 0.2) is 0 Å². The van der Waals surface area contributed by atoms with Crippen molar-refractivity contribution in [1.29, 1.82) is 0 Å². The number of rotatable bonds is 14. The molecular weight excluding hydrogens is 573 g/mol. The summed E-state index contributed by atoms with van der Waals surface area (Å²) in [4.78, 5) is 12.4. The minimum absolute atomic E-state index is 0.116.